The van der Waals surface area contributed by atoms with Gasteiger partial charge in [-0.05, 0) is 32.1 Å². The average molecular weight is 241 g/mol. The Bertz CT molecular complexity index is 422. The van der Waals surface area contributed by atoms with Crippen molar-refractivity contribution in [3.63, 3.8) is 0 Å². The lowest BCUT2D eigenvalue weighted by molar-refractivity contribution is 0.0696. The van der Waals surface area contributed by atoms with Gasteiger partial charge in [0.1, 0.15) is 5.15 Å². The molecule has 1 aromatic rings. The monoisotopic (exact) mass is 240 g/mol. The van der Waals surface area contributed by atoms with Crippen molar-refractivity contribution in [1.29, 1.82) is 0 Å². The molecule has 16 heavy (non-hydrogen) atoms. The second-order valence-corrected chi connectivity index (χ2v) is 4.49. The van der Waals surface area contributed by atoms with E-state index in [-0.39, 0.29) is 10.7 Å². The second-order valence-electron chi connectivity index (χ2n) is 4.13. The molecule has 1 aromatic heterocycles. The highest BCUT2D eigenvalue weighted by atomic mass is 35.5. The first-order valence-electron chi connectivity index (χ1n) is 5.16. The van der Waals surface area contributed by atoms with E-state index in [1.165, 1.54) is 6.07 Å². The number of aromatic nitrogens is 1. The van der Waals surface area contributed by atoms with Crippen molar-refractivity contribution in [3.05, 3.63) is 28.5 Å². The van der Waals surface area contributed by atoms with E-state index < -0.39 is 5.97 Å². The van der Waals surface area contributed by atoms with Gasteiger partial charge in [0.2, 0.25) is 0 Å². The Hall–Kier alpha value is -1.13. The molecule has 1 saturated heterocycles. The van der Waals surface area contributed by atoms with Gasteiger partial charge in [0, 0.05) is 18.2 Å². The fourth-order valence-electron chi connectivity index (χ4n) is 2.01. The van der Waals surface area contributed by atoms with E-state index in [4.69, 9.17) is 16.7 Å². The van der Waals surface area contributed by atoms with Gasteiger partial charge in [-0.1, -0.05) is 11.6 Å². The number of pyridine rings is 1. The summed E-state index contributed by atoms with van der Waals surface area (Å²) in [6.07, 6.45) is 1.05. The van der Waals surface area contributed by atoms with Gasteiger partial charge >= 0.3 is 5.97 Å². The summed E-state index contributed by atoms with van der Waals surface area (Å²) in [5.41, 5.74) is 0.955. The number of aromatic carboxylic acids is 1. The topological polar surface area (TPSA) is 53.4 Å². The van der Waals surface area contributed by atoms with Crippen LogP contribution in [0.5, 0.6) is 0 Å². The Morgan fingerprint density at radius 1 is 1.62 bits per heavy atom. The molecule has 0 saturated carbocycles. The van der Waals surface area contributed by atoms with Crippen LogP contribution in [0.15, 0.2) is 12.1 Å². The molecular weight excluding hydrogens is 228 g/mol. The summed E-state index contributed by atoms with van der Waals surface area (Å²) in [6, 6.07) is 3.30. The zero-order valence-corrected chi connectivity index (χ0v) is 9.74. The molecule has 1 N–H and O–H groups in total. The summed E-state index contributed by atoms with van der Waals surface area (Å²) in [5, 5.41) is 8.91. The van der Waals surface area contributed by atoms with E-state index in [2.05, 4.69) is 16.9 Å². The molecule has 1 fully saturated rings. The predicted octanol–water partition coefficient (Wildman–Crippen LogP) is 1.85. The summed E-state index contributed by atoms with van der Waals surface area (Å²) < 4.78 is 0. The molecule has 0 spiro atoms. The number of nitrogens with zero attached hydrogens (tertiary/aromatic N) is 2. The molecule has 1 aliphatic heterocycles. The third-order valence-electron chi connectivity index (χ3n) is 2.91. The molecule has 4 nitrogen and oxygen atoms in total. The fraction of sp³-hybridized carbons (Fsp3) is 0.455. The number of likely N-dealkylation sites (N-methyl/N-ethyl adjacent to an activating group) is 1. The maximum Gasteiger partial charge on any atom is 0.338 e. The van der Waals surface area contributed by atoms with Gasteiger partial charge in [-0.25, -0.2) is 9.78 Å². The van der Waals surface area contributed by atoms with E-state index in [1.54, 1.807) is 6.07 Å². The highest BCUT2D eigenvalue weighted by Gasteiger charge is 2.23. The minimum Gasteiger partial charge on any atom is -0.478 e. The molecule has 1 unspecified atom stereocenters. The lowest BCUT2D eigenvalue weighted by atomic mass is 10.0. The largest absolute Gasteiger partial charge is 0.478 e. The van der Waals surface area contributed by atoms with Crippen molar-refractivity contribution in [2.24, 2.45) is 0 Å². The first-order chi connectivity index (χ1) is 7.58. The Kier molecular flexibility index (Phi) is 3.12. The maximum atomic E-state index is 10.8. The number of carboxylic acid groups (broad SMARTS) is 1. The number of carboxylic acids is 1. The Morgan fingerprint density at radius 3 is 2.88 bits per heavy atom. The Balaban J connectivity index is 2.24. The molecule has 2 heterocycles. The second kappa shape index (κ2) is 4.39. The van der Waals surface area contributed by atoms with Crippen molar-refractivity contribution >= 4 is 17.6 Å². The van der Waals surface area contributed by atoms with Crippen LogP contribution in [0.1, 0.15) is 28.4 Å². The van der Waals surface area contributed by atoms with Crippen LogP contribution < -0.4 is 0 Å². The lowest BCUT2D eigenvalue weighted by Crippen LogP contribution is -2.14. The summed E-state index contributed by atoms with van der Waals surface area (Å²) in [7, 11) is 2.06. The number of hydrogen-bond acceptors (Lipinski definition) is 3. The van der Waals surface area contributed by atoms with Crippen LogP contribution in [0, 0.1) is 0 Å². The molecule has 0 aliphatic carbocycles. The predicted molar refractivity (Wildman–Crippen MR) is 61.1 cm³/mol. The molecule has 0 bridgehead atoms. The van der Waals surface area contributed by atoms with Gasteiger partial charge in [0.15, 0.2) is 0 Å². The first kappa shape index (κ1) is 11.4. The molecule has 1 atom stereocenters. The summed E-state index contributed by atoms with van der Waals surface area (Å²) in [4.78, 5) is 17.2. The van der Waals surface area contributed by atoms with Crippen molar-refractivity contribution in [2.75, 3.05) is 20.1 Å². The van der Waals surface area contributed by atoms with Gasteiger partial charge in [0.25, 0.3) is 0 Å². The Labute approximate surface area is 98.9 Å². The summed E-state index contributed by atoms with van der Waals surface area (Å²) in [6.45, 7) is 2.00. The minimum atomic E-state index is -1.03. The fourth-order valence-corrected chi connectivity index (χ4v) is 2.25. The van der Waals surface area contributed by atoms with E-state index >= 15 is 0 Å². The standard InChI is InChI=1S/C11H13ClN2O2/c1-14-5-4-7(6-14)9-3-2-8(11(15)16)10(12)13-9/h2-3,7H,4-6H2,1H3,(H,15,16). The molecule has 1 aliphatic rings. The van der Waals surface area contributed by atoms with Gasteiger partial charge in [-0.2, -0.15) is 0 Å². The van der Waals surface area contributed by atoms with Crippen LogP contribution in [0.3, 0.4) is 0 Å². The number of carbonyl (C=O) groups is 1. The highest BCUT2D eigenvalue weighted by Crippen LogP contribution is 2.26. The van der Waals surface area contributed by atoms with Crippen LogP contribution in [0.2, 0.25) is 5.15 Å². The normalized spacial score (nSPS) is 21.2. The van der Waals surface area contributed by atoms with Gasteiger partial charge < -0.3 is 10.0 Å². The van der Waals surface area contributed by atoms with Crippen LogP contribution in [0.4, 0.5) is 0 Å². The molecule has 0 radical (unpaired) electrons. The van der Waals surface area contributed by atoms with Gasteiger partial charge in [-0.15, -0.1) is 0 Å². The first-order valence-corrected chi connectivity index (χ1v) is 5.54. The number of halogens is 1. The number of likely N-dealkylation sites (tertiary alicyclic amines) is 1. The molecule has 5 heteroatoms. The van der Waals surface area contributed by atoms with Crippen molar-refractivity contribution in [3.8, 4) is 0 Å². The van der Waals surface area contributed by atoms with Crippen LogP contribution >= 0.6 is 11.6 Å². The van der Waals surface area contributed by atoms with E-state index in [0.29, 0.717) is 5.92 Å². The lowest BCUT2D eigenvalue weighted by Gasteiger charge is -2.10. The smallest absolute Gasteiger partial charge is 0.338 e. The highest BCUT2D eigenvalue weighted by molar-refractivity contribution is 6.32. The van der Waals surface area contributed by atoms with Crippen LogP contribution in [0.25, 0.3) is 0 Å². The third-order valence-corrected chi connectivity index (χ3v) is 3.20. The van der Waals surface area contributed by atoms with Gasteiger partial charge in [0.05, 0.1) is 5.56 Å². The van der Waals surface area contributed by atoms with Gasteiger partial charge in [-0.3, -0.25) is 0 Å². The van der Waals surface area contributed by atoms with E-state index in [1.807, 2.05) is 0 Å². The summed E-state index contributed by atoms with van der Waals surface area (Å²) >= 11 is 5.83. The number of rotatable bonds is 2. The molecule has 86 valence electrons. The molecule has 2 rings (SSSR count). The third kappa shape index (κ3) is 2.18. The quantitative estimate of drug-likeness (QED) is 0.802. The summed E-state index contributed by atoms with van der Waals surface area (Å²) in [5.74, 6) is -0.669. The van der Waals surface area contributed by atoms with Crippen molar-refractivity contribution in [2.45, 2.75) is 12.3 Å². The van der Waals surface area contributed by atoms with Crippen molar-refractivity contribution in [1.82, 2.24) is 9.88 Å². The van der Waals surface area contributed by atoms with E-state index in [0.717, 1.165) is 25.2 Å². The van der Waals surface area contributed by atoms with Crippen molar-refractivity contribution < 1.29 is 9.90 Å². The average Bonchev–Trinajstić information content (AvgIpc) is 2.64. The van der Waals surface area contributed by atoms with E-state index in [9.17, 15) is 4.79 Å². The zero-order valence-electron chi connectivity index (χ0n) is 8.98. The van der Waals surface area contributed by atoms with Crippen LogP contribution in [-0.2, 0) is 0 Å². The SMILES string of the molecule is CN1CCC(c2ccc(C(=O)O)c(Cl)n2)C1. The molecular formula is C11H13ClN2O2. The minimum absolute atomic E-state index is 0.0665. The zero-order chi connectivity index (χ0) is 11.7. The maximum absolute atomic E-state index is 10.8. The van der Waals surface area contributed by atoms with Crippen LogP contribution in [-0.4, -0.2) is 41.1 Å². The molecule has 0 amide bonds. The molecule has 0 aromatic carbocycles. The number of hydrogen-bond donors (Lipinski definition) is 1. The Morgan fingerprint density at radius 2 is 2.38 bits per heavy atom.